The Morgan fingerprint density at radius 1 is 0.260 bits per heavy atom. The second-order valence-electron chi connectivity index (χ2n) is 8.31. The lowest BCUT2D eigenvalue weighted by atomic mass is 10.2. The second kappa shape index (κ2) is 12.4. The van der Waals surface area contributed by atoms with Crippen LogP contribution in [0.4, 0.5) is 136 Å². The van der Waals surface area contributed by atoms with E-state index >= 15 is 0 Å². The van der Waals surface area contributed by atoms with E-state index in [2.05, 4.69) is 0 Å². The first-order valence-electron chi connectivity index (χ1n) is 10.1. The van der Waals surface area contributed by atoms with Crippen molar-refractivity contribution in [3.63, 3.8) is 0 Å². The Hall–Kier alpha value is -2.33. The normalized spacial score (nSPS) is 19.7. The van der Waals surface area contributed by atoms with Gasteiger partial charge in [0.1, 0.15) is 0 Å². The van der Waals surface area contributed by atoms with E-state index in [4.69, 9.17) is 0 Å². The summed E-state index contributed by atoms with van der Waals surface area (Å²) in [6.45, 7) is 0. The lowest BCUT2D eigenvalue weighted by Crippen LogP contribution is -2.72. The Balaban J connectivity index is 7.63. The molecule has 0 heterocycles. The minimum absolute atomic E-state index is 0.792. The molecule has 0 aromatic rings. The van der Waals surface area contributed by atoms with Crippen molar-refractivity contribution in [3.8, 4) is 0 Å². The van der Waals surface area contributed by atoms with Gasteiger partial charge >= 0.3 is 85.0 Å². The van der Waals surface area contributed by atoms with Crippen molar-refractivity contribution < 1.29 is 155 Å². The molecule has 0 saturated heterocycles. The smallest absolute Gasteiger partial charge is 0.293 e. The first-order chi connectivity index (χ1) is 21.0. The summed E-state index contributed by atoms with van der Waals surface area (Å²) in [6.07, 6.45) is -91.8. The lowest BCUT2D eigenvalue weighted by molar-refractivity contribution is -0.591. The average molecular weight is 834 g/mol. The molecule has 0 aliphatic heterocycles. The molecule has 0 amide bonds. The highest BCUT2D eigenvalue weighted by Crippen LogP contribution is 2.61. The van der Waals surface area contributed by atoms with Crippen molar-refractivity contribution in [2.24, 2.45) is 0 Å². The zero-order valence-electron chi connectivity index (χ0n) is 20.9. The molecule has 0 fully saturated rings. The largest absolute Gasteiger partial charge is 0.462 e. The molecule has 35 heteroatoms. The van der Waals surface area contributed by atoms with Crippen molar-refractivity contribution in [1.82, 2.24) is 0 Å². The van der Waals surface area contributed by atoms with Crippen LogP contribution in [-0.2, 0) is 18.9 Å². The fourth-order valence-corrected chi connectivity index (χ4v) is 2.28. The van der Waals surface area contributed by atoms with Crippen LogP contribution in [0.5, 0.6) is 0 Å². The standard InChI is InChI=1S/C15HF31O4/c16-2(17,18)1(3(19,20)21)47-13(41,42)5(24,9(30,31)32)49-15(45,46)7(26,11(36,37)38)50-14(43,44)6(25,10(33,34)35)48-12(39,40)4(22,23)8(27,28)29/h1H. The van der Waals surface area contributed by atoms with Gasteiger partial charge in [-0.05, 0) is 0 Å². The Morgan fingerprint density at radius 3 is 0.680 bits per heavy atom. The minimum atomic E-state index is -9.27. The molecule has 0 spiro atoms. The van der Waals surface area contributed by atoms with E-state index in [-0.39, 0.29) is 0 Å². The Bertz CT molecular complexity index is 1160. The van der Waals surface area contributed by atoms with Gasteiger partial charge in [-0.15, -0.1) is 0 Å². The molecule has 4 nitrogen and oxygen atoms in total. The Labute approximate surface area is 247 Å². The molecule has 3 unspecified atom stereocenters. The number of rotatable bonds is 12. The fourth-order valence-electron chi connectivity index (χ4n) is 2.28. The highest BCUT2D eigenvalue weighted by atomic mass is 19.5. The molecule has 0 aromatic carbocycles. The highest BCUT2D eigenvalue weighted by Gasteiger charge is 2.89. The number of halogens is 31. The van der Waals surface area contributed by atoms with Crippen LogP contribution in [-0.4, -0.2) is 91.1 Å². The molecule has 0 rings (SSSR count). The van der Waals surface area contributed by atoms with Gasteiger partial charge in [0.2, 0.25) is 0 Å². The summed E-state index contributed by atoms with van der Waals surface area (Å²) in [4.78, 5) is 0. The summed E-state index contributed by atoms with van der Waals surface area (Å²) >= 11 is 0. The molecule has 302 valence electrons. The van der Waals surface area contributed by atoms with E-state index < -0.39 is 91.1 Å². The van der Waals surface area contributed by atoms with Crippen LogP contribution in [0, 0.1) is 0 Å². The SMILES string of the molecule is FC(F)(F)C(OC(F)(F)C(F)(OC(F)(F)C(F)(OC(F)(F)C(F)(OC(F)(F)C(F)(F)C(F)(F)F)C(F)(F)F)C(F)(F)F)C(F)(F)F)C(F)(F)F. The third-order valence-corrected chi connectivity index (χ3v) is 4.61. The molecule has 0 radical (unpaired) electrons. The molecule has 0 N–H and O–H groups in total. The van der Waals surface area contributed by atoms with Crippen molar-refractivity contribution in [1.29, 1.82) is 0 Å². The van der Waals surface area contributed by atoms with Gasteiger partial charge in [-0.1, -0.05) is 0 Å². The average Bonchev–Trinajstić information content (AvgIpc) is 2.76. The summed E-state index contributed by atoms with van der Waals surface area (Å²) in [5, 5.41) is 0. The van der Waals surface area contributed by atoms with E-state index in [1.165, 1.54) is 4.74 Å². The molecule has 0 aromatic heterocycles. The minimum Gasteiger partial charge on any atom is -0.293 e. The summed E-state index contributed by atoms with van der Waals surface area (Å²) in [7, 11) is 0. The highest BCUT2D eigenvalue weighted by molar-refractivity contribution is 4.99. The fraction of sp³-hybridized carbons (Fsp3) is 1.00. The second-order valence-corrected chi connectivity index (χ2v) is 8.31. The van der Waals surface area contributed by atoms with Gasteiger partial charge < -0.3 is 0 Å². The van der Waals surface area contributed by atoms with Gasteiger partial charge in [0, 0.05) is 0 Å². The maximum Gasteiger partial charge on any atom is 0.462 e. The quantitative estimate of drug-likeness (QED) is 0.184. The van der Waals surface area contributed by atoms with Crippen LogP contribution >= 0.6 is 0 Å². The molecule has 0 aliphatic carbocycles. The molecular formula is C15HF31O4. The number of hydrogen-bond donors (Lipinski definition) is 0. The van der Waals surface area contributed by atoms with Crippen LogP contribution in [0.1, 0.15) is 0 Å². The van der Waals surface area contributed by atoms with E-state index in [9.17, 15) is 136 Å². The summed E-state index contributed by atoms with van der Waals surface area (Å²) in [6, 6.07) is 0. The van der Waals surface area contributed by atoms with E-state index in [1.807, 2.05) is 0 Å². The van der Waals surface area contributed by atoms with Gasteiger partial charge in [0.05, 0.1) is 0 Å². The maximum absolute atomic E-state index is 14.3. The van der Waals surface area contributed by atoms with Crippen LogP contribution in [0.25, 0.3) is 0 Å². The van der Waals surface area contributed by atoms with Crippen molar-refractivity contribution >= 4 is 0 Å². The first-order valence-corrected chi connectivity index (χ1v) is 10.1. The topological polar surface area (TPSA) is 36.9 Å². The van der Waals surface area contributed by atoms with E-state index in [0.29, 0.717) is 0 Å². The van der Waals surface area contributed by atoms with Gasteiger partial charge in [-0.3, -0.25) is 18.9 Å². The number of ether oxygens (including phenoxy) is 4. The maximum atomic E-state index is 14.3. The third kappa shape index (κ3) is 8.32. The van der Waals surface area contributed by atoms with E-state index in [0.717, 1.165) is 14.2 Å². The predicted molar refractivity (Wildman–Crippen MR) is 80.7 cm³/mol. The third-order valence-electron chi connectivity index (χ3n) is 4.61. The van der Waals surface area contributed by atoms with Crippen LogP contribution in [0.3, 0.4) is 0 Å². The van der Waals surface area contributed by atoms with Gasteiger partial charge in [0.25, 0.3) is 6.10 Å². The number of alkyl halides is 31. The van der Waals surface area contributed by atoms with Gasteiger partial charge in [-0.2, -0.15) is 136 Å². The molecule has 50 heavy (non-hydrogen) atoms. The summed E-state index contributed by atoms with van der Waals surface area (Å²) in [5.74, 6) is -35.7. The van der Waals surface area contributed by atoms with Crippen LogP contribution in [0.2, 0.25) is 0 Å². The first kappa shape index (κ1) is 47.7. The van der Waals surface area contributed by atoms with Crippen LogP contribution < -0.4 is 0 Å². The number of hydrogen-bond acceptors (Lipinski definition) is 4. The zero-order chi connectivity index (χ0) is 41.4. The monoisotopic (exact) mass is 834 g/mol. The summed E-state index contributed by atoms with van der Waals surface area (Å²) in [5.41, 5.74) is 0. The summed E-state index contributed by atoms with van der Waals surface area (Å²) < 4.78 is 408. The van der Waals surface area contributed by atoms with Crippen molar-refractivity contribution in [2.45, 2.75) is 91.1 Å². The Kier molecular flexibility index (Phi) is 11.8. The molecule has 0 bridgehead atoms. The Morgan fingerprint density at radius 2 is 0.480 bits per heavy atom. The van der Waals surface area contributed by atoms with Gasteiger partial charge in [-0.25, -0.2) is 0 Å². The predicted octanol–water partition coefficient (Wildman–Crippen LogP) is 9.80. The van der Waals surface area contributed by atoms with Gasteiger partial charge in [0.15, 0.2) is 0 Å². The zero-order valence-corrected chi connectivity index (χ0v) is 20.9. The lowest BCUT2D eigenvalue weighted by Gasteiger charge is -2.43. The van der Waals surface area contributed by atoms with E-state index in [1.54, 1.807) is 0 Å². The van der Waals surface area contributed by atoms with Crippen molar-refractivity contribution in [3.05, 3.63) is 0 Å². The van der Waals surface area contributed by atoms with Crippen LogP contribution in [0.15, 0.2) is 0 Å². The molecule has 0 aliphatic rings. The molecule has 0 saturated carbocycles. The van der Waals surface area contributed by atoms with Crippen molar-refractivity contribution in [2.75, 3.05) is 0 Å². The molecule has 3 atom stereocenters. The molecular weight excluding hydrogens is 833 g/mol.